The Hall–Kier alpha value is -1.14. The van der Waals surface area contributed by atoms with Gasteiger partial charge in [0.1, 0.15) is 6.04 Å². The third-order valence-corrected chi connectivity index (χ3v) is 4.59. The molecule has 2 amide bonds. The molecule has 0 spiro atoms. The summed E-state index contributed by atoms with van der Waals surface area (Å²) in [4.78, 5) is 28.5. The summed E-state index contributed by atoms with van der Waals surface area (Å²) < 4.78 is 5.28. The standard InChI is InChI=1S/C15H25N3O3/c19-14(11-16-10-12-3-4-12)18-5-1-2-13(18)15(20)17-6-8-21-9-7-17/h12-13,16H,1-11H2. The first-order valence-corrected chi connectivity index (χ1v) is 8.12. The summed E-state index contributed by atoms with van der Waals surface area (Å²) in [5.74, 6) is 0.938. The number of ether oxygens (including phenoxy) is 1. The van der Waals surface area contributed by atoms with Crippen LogP contribution in [0.5, 0.6) is 0 Å². The molecule has 2 saturated heterocycles. The van der Waals surface area contributed by atoms with Crippen LogP contribution in [0.15, 0.2) is 0 Å². The number of nitrogens with zero attached hydrogens (tertiary/aromatic N) is 2. The first kappa shape index (κ1) is 14.8. The SMILES string of the molecule is O=C(C1CCCN1C(=O)CNCC1CC1)N1CCOCC1. The van der Waals surface area contributed by atoms with E-state index in [0.29, 0.717) is 39.4 Å². The smallest absolute Gasteiger partial charge is 0.245 e. The molecule has 6 nitrogen and oxygen atoms in total. The predicted molar refractivity (Wildman–Crippen MR) is 77.7 cm³/mol. The van der Waals surface area contributed by atoms with Crippen LogP contribution in [0, 0.1) is 5.92 Å². The highest BCUT2D eigenvalue weighted by atomic mass is 16.5. The summed E-state index contributed by atoms with van der Waals surface area (Å²) in [7, 11) is 0. The van der Waals surface area contributed by atoms with Crippen molar-refractivity contribution in [2.45, 2.75) is 31.7 Å². The van der Waals surface area contributed by atoms with Crippen molar-refractivity contribution in [3.05, 3.63) is 0 Å². The Morgan fingerprint density at radius 3 is 2.57 bits per heavy atom. The third kappa shape index (κ3) is 3.74. The highest BCUT2D eigenvalue weighted by Crippen LogP contribution is 2.27. The van der Waals surface area contributed by atoms with Gasteiger partial charge in [-0.25, -0.2) is 0 Å². The average Bonchev–Trinajstić information content (AvgIpc) is 3.21. The molecule has 1 unspecified atom stereocenters. The van der Waals surface area contributed by atoms with Gasteiger partial charge in [0, 0.05) is 19.6 Å². The molecule has 21 heavy (non-hydrogen) atoms. The van der Waals surface area contributed by atoms with Crippen LogP contribution in [-0.2, 0) is 14.3 Å². The van der Waals surface area contributed by atoms with E-state index in [1.807, 2.05) is 4.90 Å². The summed E-state index contributed by atoms with van der Waals surface area (Å²) in [6.07, 6.45) is 4.28. The van der Waals surface area contributed by atoms with Gasteiger partial charge in [0.2, 0.25) is 11.8 Å². The van der Waals surface area contributed by atoms with Crippen LogP contribution in [0.2, 0.25) is 0 Å². The van der Waals surface area contributed by atoms with E-state index in [9.17, 15) is 9.59 Å². The minimum Gasteiger partial charge on any atom is -0.378 e. The zero-order valence-corrected chi connectivity index (χ0v) is 12.6. The molecule has 0 aromatic heterocycles. The molecule has 0 aromatic carbocycles. The van der Waals surface area contributed by atoms with Crippen LogP contribution < -0.4 is 5.32 Å². The van der Waals surface area contributed by atoms with E-state index in [0.717, 1.165) is 25.3 Å². The molecule has 6 heteroatoms. The van der Waals surface area contributed by atoms with Crippen molar-refractivity contribution in [2.24, 2.45) is 5.92 Å². The molecule has 3 aliphatic rings. The van der Waals surface area contributed by atoms with Crippen LogP contribution in [-0.4, -0.2) is 73.6 Å². The normalized spacial score (nSPS) is 26.2. The van der Waals surface area contributed by atoms with Crippen molar-refractivity contribution in [3.63, 3.8) is 0 Å². The van der Waals surface area contributed by atoms with Gasteiger partial charge in [-0.05, 0) is 38.1 Å². The van der Waals surface area contributed by atoms with E-state index in [-0.39, 0.29) is 17.9 Å². The van der Waals surface area contributed by atoms with Gasteiger partial charge in [0.25, 0.3) is 0 Å². The van der Waals surface area contributed by atoms with Crippen molar-refractivity contribution in [1.29, 1.82) is 0 Å². The second-order valence-electron chi connectivity index (χ2n) is 6.26. The number of hydrogen-bond donors (Lipinski definition) is 1. The summed E-state index contributed by atoms with van der Waals surface area (Å²) in [6.45, 7) is 4.52. The molecule has 3 fully saturated rings. The van der Waals surface area contributed by atoms with Crippen LogP contribution in [0.4, 0.5) is 0 Å². The van der Waals surface area contributed by atoms with Crippen molar-refractivity contribution in [2.75, 3.05) is 45.9 Å². The average molecular weight is 295 g/mol. The minimum absolute atomic E-state index is 0.0692. The van der Waals surface area contributed by atoms with Gasteiger partial charge in [-0.1, -0.05) is 0 Å². The Balaban J connectivity index is 1.50. The summed E-state index contributed by atoms with van der Waals surface area (Å²) >= 11 is 0. The number of amides is 2. The first-order chi connectivity index (χ1) is 10.3. The number of nitrogens with one attached hydrogen (secondary N) is 1. The van der Waals surface area contributed by atoms with Crippen molar-refractivity contribution >= 4 is 11.8 Å². The lowest BCUT2D eigenvalue weighted by Gasteiger charge is -2.32. The highest BCUT2D eigenvalue weighted by Gasteiger charge is 2.36. The Labute approximate surface area is 125 Å². The minimum atomic E-state index is -0.252. The van der Waals surface area contributed by atoms with Gasteiger partial charge in [-0.2, -0.15) is 0 Å². The zero-order valence-electron chi connectivity index (χ0n) is 12.6. The fraction of sp³-hybridized carbons (Fsp3) is 0.867. The lowest BCUT2D eigenvalue weighted by atomic mass is 10.2. The summed E-state index contributed by atoms with van der Waals surface area (Å²) in [5, 5.41) is 3.23. The number of carbonyl (C=O) groups excluding carboxylic acids is 2. The Morgan fingerprint density at radius 1 is 1.10 bits per heavy atom. The van der Waals surface area contributed by atoms with E-state index >= 15 is 0 Å². The largest absolute Gasteiger partial charge is 0.378 e. The first-order valence-electron chi connectivity index (χ1n) is 8.12. The maximum absolute atomic E-state index is 12.6. The number of likely N-dealkylation sites (tertiary alicyclic amines) is 1. The molecule has 1 aliphatic carbocycles. The molecular formula is C15H25N3O3. The van der Waals surface area contributed by atoms with Crippen LogP contribution in [0.25, 0.3) is 0 Å². The topological polar surface area (TPSA) is 61.9 Å². The number of rotatable bonds is 5. The Bertz CT molecular complexity index is 392. The van der Waals surface area contributed by atoms with Gasteiger partial charge in [-0.15, -0.1) is 0 Å². The van der Waals surface area contributed by atoms with Crippen molar-refractivity contribution in [3.8, 4) is 0 Å². The van der Waals surface area contributed by atoms with Crippen molar-refractivity contribution in [1.82, 2.24) is 15.1 Å². The fourth-order valence-corrected chi connectivity index (χ4v) is 3.12. The molecule has 3 rings (SSSR count). The molecule has 2 heterocycles. The quantitative estimate of drug-likeness (QED) is 0.765. The summed E-state index contributed by atoms with van der Waals surface area (Å²) in [5.41, 5.74) is 0. The summed E-state index contributed by atoms with van der Waals surface area (Å²) in [6, 6.07) is -0.252. The van der Waals surface area contributed by atoms with Gasteiger partial charge in [0.15, 0.2) is 0 Å². The van der Waals surface area contributed by atoms with Gasteiger partial charge in [0.05, 0.1) is 19.8 Å². The molecule has 0 aromatic rings. The highest BCUT2D eigenvalue weighted by molar-refractivity contribution is 5.89. The molecule has 118 valence electrons. The second kappa shape index (κ2) is 6.75. The fourth-order valence-electron chi connectivity index (χ4n) is 3.12. The Morgan fingerprint density at radius 2 is 1.86 bits per heavy atom. The molecule has 2 aliphatic heterocycles. The maximum atomic E-state index is 12.6. The number of morpholine rings is 1. The van der Waals surface area contributed by atoms with E-state index < -0.39 is 0 Å². The molecular weight excluding hydrogens is 270 g/mol. The van der Waals surface area contributed by atoms with Crippen molar-refractivity contribution < 1.29 is 14.3 Å². The number of hydrogen-bond acceptors (Lipinski definition) is 4. The van der Waals surface area contributed by atoms with Crippen LogP contribution in [0.1, 0.15) is 25.7 Å². The third-order valence-electron chi connectivity index (χ3n) is 4.59. The predicted octanol–water partition coefficient (Wildman–Crippen LogP) is -0.164. The van der Waals surface area contributed by atoms with E-state index in [1.54, 1.807) is 4.90 Å². The molecule has 0 radical (unpaired) electrons. The zero-order chi connectivity index (χ0) is 14.7. The van der Waals surface area contributed by atoms with E-state index in [2.05, 4.69) is 5.32 Å². The molecule has 1 N–H and O–H groups in total. The molecule has 1 atom stereocenters. The molecule has 1 saturated carbocycles. The van der Waals surface area contributed by atoms with Gasteiger partial charge < -0.3 is 19.9 Å². The van der Waals surface area contributed by atoms with E-state index in [1.165, 1.54) is 12.8 Å². The maximum Gasteiger partial charge on any atom is 0.245 e. The van der Waals surface area contributed by atoms with Gasteiger partial charge >= 0.3 is 0 Å². The van der Waals surface area contributed by atoms with Crippen LogP contribution in [0.3, 0.4) is 0 Å². The lowest BCUT2D eigenvalue weighted by molar-refractivity contribution is -0.146. The monoisotopic (exact) mass is 295 g/mol. The van der Waals surface area contributed by atoms with Gasteiger partial charge in [-0.3, -0.25) is 9.59 Å². The lowest BCUT2D eigenvalue weighted by Crippen LogP contribution is -2.52. The van der Waals surface area contributed by atoms with Crippen LogP contribution >= 0.6 is 0 Å². The second-order valence-corrected chi connectivity index (χ2v) is 6.26. The number of carbonyl (C=O) groups is 2. The Kier molecular flexibility index (Phi) is 4.75. The molecule has 0 bridgehead atoms. The van der Waals surface area contributed by atoms with E-state index in [4.69, 9.17) is 4.74 Å².